The number of fused-ring (bicyclic) bond motifs is 2. The van der Waals surface area contributed by atoms with Crippen LogP contribution >= 0.6 is 11.6 Å². The molecule has 3 atom stereocenters. The molecule has 238 valence electrons. The van der Waals surface area contributed by atoms with Gasteiger partial charge < -0.3 is 10.1 Å². The van der Waals surface area contributed by atoms with Gasteiger partial charge in [-0.25, -0.2) is 21.6 Å². The fraction of sp³-hybridized carbons (Fsp3) is 0.375. The molecule has 1 amide bonds. The van der Waals surface area contributed by atoms with Crippen molar-refractivity contribution < 1.29 is 40.8 Å². The summed E-state index contributed by atoms with van der Waals surface area (Å²) in [5, 5.41) is 3.20. The fourth-order valence-electron chi connectivity index (χ4n) is 7.41. The van der Waals surface area contributed by atoms with Crippen molar-refractivity contribution >= 4 is 39.0 Å². The average molecular weight is 663 g/mol. The average Bonchev–Trinajstić information content (AvgIpc) is 3.49. The number of nitrogens with one attached hydrogen (secondary N) is 1. The topological polar surface area (TPSA) is 102 Å². The predicted octanol–water partition coefficient (Wildman–Crippen LogP) is 5.95. The van der Waals surface area contributed by atoms with E-state index >= 15 is 0 Å². The molecule has 3 aromatic carbocycles. The Morgan fingerprint density at radius 2 is 1.67 bits per heavy atom. The number of amides is 1. The number of benzene rings is 3. The Bertz CT molecular complexity index is 1720. The van der Waals surface area contributed by atoms with Crippen molar-refractivity contribution in [2.75, 3.05) is 19.0 Å². The molecule has 6 rings (SSSR count). The number of carbonyl (C=O) groups excluding carboxylic acids is 2. The molecule has 2 saturated carbocycles. The Kier molecular flexibility index (Phi) is 8.44. The number of methoxy groups -OCH3 is 1. The molecule has 3 unspecified atom stereocenters. The number of nitrogens with zero attached hydrogens (tertiary/aromatic N) is 1. The second-order valence-corrected chi connectivity index (χ2v) is 14.3. The van der Waals surface area contributed by atoms with Crippen molar-refractivity contribution in [3.05, 3.63) is 94.3 Å². The quantitative estimate of drug-likeness (QED) is 0.247. The number of hydrogen-bond donors (Lipinski definition) is 1. The van der Waals surface area contributed by atoms with Gasteiger partial charge in [0.1, 0.15) is 5.92 Å². The SMILES string of the molecule is COC(=O)C1CON(Cc2ccccc2)[C@]12CC1CCC(C2)[C@H]1S(=O)(=O)c1cc(C(=O)Nc2cc(F)c(F)c(F)c2)ccc1Cl. The summed E-state index contributed by atoms with van der Waals surface area (Å²) in [6.45, 7) is 0.539. The molecular weight excluding hydrogens is 633 g/mol. The molecule has 3 aliphatic rings. The lowest BCUT2D eigenvalue weighted by Crippen LogP contribution is -2.57. The Morgan fingerprint density at radius 1 is 1.02 bits per heavy atom. The lowest BCUT2D eigenvalue weighted by Gasteiger charge is -2.47. The van der Waals surface area contributed by atoms with E-state index in [1.807, 2.05) is 35.4 Å². The monoisotopic (exact) mass is 662 g/mol. The minimum Gasteiger partial charge on any atom is -0.469 e. The second-order valence-electron chi connectivity index (χ2n) is 11.9. The molecule has 3 fully saturated rings. The number of anilines is 1. The van der Waals surface area contributed by atoms with Crippen LogP contribution in [0.25, 0.3) is 0 Å². The van der Waals surface area contributed by atoms with Gasteiger partial charge in [0, 0.05) is 29.9 Å². The maximum absolute atomic E-state index is 14.3. The van der Waals surface area contributed by atoms with E-state index in [4.69, 9.17) is 21.2 Å². The Labute approximate surface area is 263 Å². The summed E-state index contributed by atoms with van der Waals surface area (Å²) >= 11 is 6.42. The maximum atomic E-state index is 14.3. The van der Waals surface area contributed by atoms with E-state index in [0.29, 0.717) is 44.4 Å². The lowest BCUT2D eigenvalue weighted by atomic mass is 9.68. The van der Waals surface area contributed by atoms with Crippen molar-refractivity contribution in [1.82, 2.24) is 5.06 Å². The predicted molar refractivity (Wildman–Crippen MR) is 158 cm³/mol. The highest BCUT2D eigenvalue weighted by Crippen LogP contribution is 2.57. The van der Waals surface area contributed by atoms with Crippen LogP contribution in [0.4, 0.5) is 18.9 Å². The van der Waals surface area contributed by atoms with E-state index in [2.05, 4.69) is 5.32 Å². The summed E-state index contributed by atoms with van der Waals surface area (Å²) in [4.78, 5) is 31.8. The molecule has 0 radical (unpaired) electrons. The normalized spacial score (nSPS) is 26.2. The molecule has 1 heterocycles. The third-order valence-electron chi connectivity index (χ3n) is 9.37. The van der Waals surface area contributed by atoms with E-state index in [9.17, 15) is 31.2 Å². The van der Waals surface area contributed by atoms with Gasteiger partial charge in [0.25, 0.3) is 5.91 Å². The van der Waals surface area contributed by atoms with E-state index in [1.54, 1.807) is 0 Å². The van der Waals surface area contributed by atoms with Crippen LogP contribution in [0.15, 0.2) is 65.6 Å². The van der Waals surface area contributed by atoms with Crippen molar-refractivity contribution in [2.45, 2.75) is 47.9 Å². The Hall–Kier alpha value is -3.45. The van der Waals surface area contributed by atoms with Gasteiger partial charge in [0.2, 0.25) is 0 Å². The highest BCUT2D eigenvalue weighted by Gasteiger charge is 2.63. The fourth-order valence-corrected chi connectivity index (χ4v) is 10.3. The molecule has 1 spiro atoms. The molecule has 45 heavy (non-hydrogen) atoms. The largest absolute Gasteiger partial charge is 0.469 e. The van der Waals surface area contributed by atoms with Crippen molar-refractivity contribution in [1.29, 1.82) is 0 Å². The first-order valence-corrected chi connectivity index (χ1v) is 16.4. The van der Waals surface area contributed by atoms with Crippen molar-refractivity contribution in [2.24, 2.45) is 17.8 Å². The van der Waals surface area contributed by atoms with Crippen LogP contribution in [0.5, 0.6) is 0 Å². The number of sulfone groups is 1. The Balaban J connectivity index is 1.29. The minimum absolute atomic E-state index is 0.0764. The van der Waals surface area contributed by atoms with Crippen molar-refractivity contribution in [3.63, 3.8) is 0 Å². The van der Waals surface area contributed by atoms with Crippen LogP contribution in [0, 0.1) is 35.2 Å². The molecule has 2 bridgehead atoms. The number of ether oxygens (including phenoxy) is 1. The van der Waals surface area contributed by atoms with Gasteiger partial charge in [0.15, 0.2) is 27.3 Å². The van der Waals surface area contributed by atoms with Gasteiger partial charge in [-0.15, -0.1) is 0 Å². The first-order valence-electron chi connectivity index (χ1n) is 14.5. The van der Waals surface area contributed by atoms with E-state index in [1.165, 1.54) is 19.2 Å². The zero-order chi connectivity index (χ0) is 32.1. The number of halogens is 4. The summed E-state index contributed by atoms with van der Waals surface area (Å²) in [6.07, 6.45) is 1.98. The summed E-state index contributed by atoms with van der Waals surface area (Å²) < 4.78 is 74.4. The Morgan fingerprint density at radius 3 is 2.29 bits per heavy atom. The van der Waals surface area contributed by atoms with Crippen LogP contribution in [0.3, 0.4) is 0 Å². The standard InChI is InChI=1S/C32H30ClF3N2O6S/c1-43-31(40)23-17-44-38(16-18-5-3-2-4-6-18)32(23)14-20-7-8-21(15-32)29(20)45(41,42)27-11-19(9-10-24(27)33)30(39)37-22-12-25(34)28(36)26(35)13-22/h2-6,9-13,20-21,23,29H,7-8,14-17H2,1H3,(H,37,39)/t20?,21?,23?,29-,32-. The summed E-state index contributed by atoms with van der Waals surface area (Å²) in [5.74, 6) is -7.19. The van der Waals surface area contributed by atoms with E-state index in [-0.39, 0.29) is 39.6 Å². The first kappa shape index (κ1) is 31.5. The summed E-state index contributed by atoms with van der Waals surface area (Å²) in [7, 11) is -2.77. The molecule has 3 aromatic rings. The summed E-state index contributed by atoms with van der Waals surface area (Å²) in [6, 6.07) is 14.6. The van der Waals surface area contributed by atoms with Crippen LogP contribution in [-0.2, 0) is 30.8 Å². The number of hydrogen-bond acceptors (Lipinski definition) is 7. The zero-order valence-electron chi connectivity index (χ0n) is 24.1. The van der Waals surface area contributed by atoms with E-state index in [0.717, 1.165) is 11.6 Å². The van der Waals surface area contributed by atoms with Gasteiger partial charge in [-0.1, -0.05) is 41.9 Å². The highest BCUT2D eigenvalue weighted by atomic mass is 35.5. The van der Waals surface area contributed by atoms with Gasteiger partial charge in [-0.3, -0.25) is 14.4 Å². The molecule has 13 heteroatoms. The van der Waals surface area contributed by atoms with Crippen LogP contribution < -0.4 is 5.32 Å². The third kappa shape index (κ3) is 5.62. The lowest BCUT2D eigenvalue weighted by molar-refractivity contribution is -0.187. The number of carbonyl (C=O) groups is 2. The molecular formula is C32H30ClF3N2O6S. The highest BCUT2D eigenvalue weighted by molar-refractivity contribution is 7.92. The van der Waals surface area contributed by atoms with Crippen LogP contribution in [0.1, 0.15) is 41.6 Å². The molecule has 1 aliphatic heterocycles. The van der Waals surface area contributed by atoms with Crippen LogP contribution in [0.2, 0.25) is 5.02 Å². The molecule has 0 aromatic heterocycles. The van der Waals surface area contributed by atoms with Crippen molar-refractivity contribution in [3.8, 4) is 0 Å². The number of hydroxylamine groups is 2. The maximum Gasteiger partial charge on any atom is 0.313 e. The zero-order valence-corrected chi connectivity index (χ0v) is 25.7. The van der Waals surface area contributed by atoms with E-state index < -0.39 is 55.9 Å². The van der Waals surface area contributed by atoms with Crippen LogP contribution in [-0.4, -0.2) is 49.9 Å². The van der Waals surface area contributed by atoms with Gasteiger partial charge in [-0.2, -0.15) is 5.06 Å². The molecule has 1 saturated heterocycles. The van der Waals surface area contributed by atoms with Gasteiger partial charge >= 0.3 is 5.97 Å². The molecule has 8 nitrogen and oxygen atoms in total. The van der Waals surface area contributed by atoms with Gasteiger partial charge in [-0.05, 0) is 61.3 Å². The van der Waals surface area contributed by atoms with Gasteiger partial charge in [0.05, 0.1) is 34.4 Å². The third-order valence-corrected chi connectivity index (χ3v) is 12.2. The smallest absolute Gasteiger partial charge is 0.313 e. The number of rotatable bonds is 7. The first-order chi connectivity index (χ1) is 21.4. The number of esters is 1. The molecule has 1 N–H and O–H groups in total. The summed E-state index contributed by atoms with van der Waals surface area (Å²) in [5.41, 5.74) is -0.249. The molecule has 2 aliphatic carbocycles. The second kappa shape index (κ2) is 12.1. The minimum atomic E-state index is -4.10.